The predicted molar refractivity (Wildman–Crippen MR) is 156 cm³/mol. The maximum Gasteiger partial charge on any atom is 0.407 e. The number of nitrogens with one attached hydrogen (secondary N) is 1. The fourth-order valence-electron chi connectivity index (χ4n) is 5.38. The molecule has 1 aromatic rings. The van der Waals surface area contributed by atoms with Crippen LogP contribution in [0.2, 0.25) is 0 Å². The second kappa shape index (κ2) is 14.1. The molecule has 1 saturated heterocycles. The van der Waals surface area contributed by atoms with Crippen LogP contribution in [-0.4, -0.2) is 81.9 Å². The standard InChI is InChI=1S/C31H45N3O9/c1-30(2,3)24(25(35)34-14-9-10-23(34)26(36)37)32-28(39)43-19-31(4,5)13-7-6-8-15-42-27(38)20-11-12-21-17-33(29(40)41)18-22(21)16-20/h11-12,16,23-24H,6-10,13-15,17-19H2,1-5H3,(H,32,39)(H,36,37)(H,40,41)/t23?,24-/m1/s1. The lowest BCUT2D eigenvalue weighted by Crippen LogP contribution is -2.56. The molecule has 2 aliphatic heterocycles. The third-order valence-electron chi connectivity index (χ3n) is 7.96. The molecule has 12 heteroatoms. The number of hydrogen-bond acceptors (Lipinski definition) is 7. The molecule has 3 amide bonds. The number of carbonyl (C=O) groups is 5. The Morgan fingerprint density at radius 3 is 2.33 bits per heavy atom. The average molecular weight is 604 g/mol. The predicted octanol–water partition coefficient (Wildman–Crippen LogP) is 4.64. The van der Waals surface area contributed by atoms with E-state index in [1.165, 1.54) is 9.80 Å². The minimum atomic E-state index is -1.05. The van der Waals surface area contributed by atoms with Crippen LogP contribution < -0.4 is 5.32 Å². The number of nitrogens with zero attached hydrogens (tertiary/aromatic N) is 2. The number of ether oxygens (including phenoxy) is 2. The molecular formula is C31H45N3O9. The van der Waals surface area contributed by atoms with E-state index in [0.717, 1.165) is 30.4 Å². The first-order valence-corrected chi connectivity index (χ1v) is 14.8. The van der Waals surface area contributed by atoms with Gasteiger partial charge in [0.25, 0.3) is 0 Å². The summed E-state index contributed by atoms with van der Waals surface area (Å²) in [5.74, 6) is -1.90. The van der Waals surface area contributed by atoms with Crippen LogP contribution in [0.1, 0.15) is 94.6 Å². The van der Waals surface area contributed by atoms with Crippen LogP contribution in [0.5, 0.6) is 0 Å². The number of fused-ring (bicyclic) bond motifs is 1. The van der Waals surface area contributed by atoms with Crippen LogP contribution in [0.3, 0.4) is 0 Å². The van der Waals surface area contributed by atoms with E-state index in [-0.39, 0.29) is 25.2 Å². The molecule has 0 spiro atoms. The number of rotatable bonds is 12. The minimum Gasteiger partial charge on any atom is -0.480 e. The molecule has 0 bridgehead atoms. The number of hydrogen-bond donors (Lipinski definition) is 3. The van der Waals surface area contributed by atoms with E-state index in [4.69, 9.17) is 14.6 Å². The second-order valence-electron chi connectivity index (χ2n) is 13.3. The number of carboxylic acids is 1. The van der Waals surface area contributed by atoms with Crippen molar-refractivity contribution >= 4 is 30.0 Å². The molecule has 0 aliphatic carbocycles. The molecule has 1 unspecified atom stereocenters. The van der Waals surface area contributed by atoms with Crippen LogP contribution in [0.4, 0.5) is 9.59 Å². The van der Waals surface area contributed by atoms with Crippen molar-refractivity contribution in [1.29, 1.82) is 0 Å². The summed E-state index contributed by atoms with van der Waals surface area (Å²) < 4.78 is 10.9. The molecule has 1 fully saturated rings. The fraction of sp³-hybridized carbons (Fsp3) is 0.645. The topological polar surface area (TPSA) is 163 Å². The van der Waals surface area contributed by atoms with Gasteiger partial charge in [0, 0.05) is 19.6 Å². The maximum atomic E-state index is 13.2. The van der Waals surface area contributed by atoms with E-state index in [1.54, 1.807) is 18.2 Å². The number of amides is 3. The van der Waals surface area contributed by atoms with Gasteiger partial charge in [-0.3, -0.25) is 9.69 Å². The Kier molecular flexibility index (Phi) is 11.0. The molecule has 238 valence electrons. The molecule has 43 heavy (non-hydrogen) atoms. The summed E-state index contributed by atoms with van der Waals surface area (Å²) in [6.07, 6.45) is 2.35. The first-order chi connectivity index (χ1) is 20.1. The number of alkyl carbamates (subject to hydrolysis) is 1. The zero-order valence-corrected chi connectivity index (χ0v) is 25.8. The van der Waals surface area contributed by atoms with E-state index in [0.29, 0.717) is 37.9 Å². The normalized spacial score (nSPS) is 17.3. The van der Waals surface area contributed by atoms with E-state index in [9.17, 15) is 29.1 Å². The van der Waals surface area contributed by atoms with Crippen molar-refractivity contribution in [1.82, 2.24) is 15.1 Å². The van der Waals surface area contributed by atoms with Gasteiger partial charge in [-0.15, -0.1) is 0 Å². The smallest absolute Gasteiger partial charge is 0.407 e. The fourth-order valence-corrected chi connectivity index (χ4v) is 5.38. The van der Waals surface area contributed by atoms with Crippen molar-refractivity contribution in [3.63, 3.8) is 0 Å². The van der Waals surface area contributed by atoms with Crippen molar-refractivity contribution in [3.05, 3.63) is 34.9 Å². The Bertz CT molecular complexity index is 1210. The summed E-state index contributed by atoms with van der Waals surface area (Å²) in [5, 5.41) is 21.3. The third-order valence-corrected chi connectivity index (χ3v) is 7.96. The van der Waals surface area contributed by atoms with E-state index in [2.05, 4.69) is 5.32 Å². The van der Waals surface area contributed by atoms with Crippen molar-refractivity contribution < 1.29 is 43.7 Å². The van der Waals surface area contributed by atoms with Crippen LogP contribution in [0, 0.1) is 10.8 Å². The van der Waals surface area contributed by atoms with Gasteiger partial charge in [-0.2, -0.15) is 0 Å². The van der Waals surface area contributed by atoms with Gasteiger partial charge in [0.15, 0.2) is 0 Å². The highest BCUT2D eigenvalue weighted by Gasteiger charge is 2.42. The van der Waals surface area contributed by atoms with Gasteiger partial charge in [0.05, 0.1) is 18.8 Å². The first kappa shape index (κ1) is 33.7. The van der Waals surface area contributed by atoms with Crippen LogP contribution >= 0.6 is 0 Å². The van der Waals surface area contributed by atoms with Gasteiger partial charge in [0.1, 0.15) is 12.1 Å². The molecule has 0 aromatic heterocycles. The van der Waals surface area contributed by atoms with E-state index in [1.807, 2.05) is 34.6 Å². The van der Waals surface area contributed by atoms with Crippen LogP contribution in [0.25, 0.3) is 0 Å². The van der Waals surface area contributed by atoms with Gasteiger partial charge >= 0.3 is 24.1 Å². The highest BCUT2D eigenvalue weighted by molar-refractivity contribution is 5.90. The molecular weight excluding hydrogens is 558 g/mol. The Morgan fingerprint density at radius 2 is 1.67 bits per heavy atom. The Balaban J connectivity index is 1.37. The summed E-state index contributed by atoms with van der Waals surface area (Å²) in [6, 6.07) is 3.30. The zero-order valence-electron chi connectivity index (χ0n) is 25.8. The number of esters is 1. The molecule has 2 atom stereocenters. The van der Waals surface area contributed by atoms with E-state index < -0.39 is 47.5 Å². The Hall–Kier alpha value is -3.83. The number of likely N-dealkylation sites (tertiary alicyclic amines) is 1. The van der Waals surface area contributed by atoms with Crippen LogP contribution in [-0.2, 0) is 32.2 Å². The summed E-state index contributed by atoms with van der Waals surface area (Å²) in [4.78, 5) is 63.7. The largest absolute Gasteiger partial charge is 0.480 e. The summed E-state index contributed by atoms with van der Waals surface area (Å²) in [6.45, 7) is 10.7. The monoisotopic (exact) mass is 603 g/mol. The van der Waals surface area contributed by atoms with Gasteiger partial charge in [0.2, 0.25) is 5.91 Å². The molecule has 3 rings (SSSR count). The lowest BCUT2D eigenvalue weighted by Gasteiger charge is -2.34. The molecule has 1 aromatic carbocycles. The third kappa shape index (κ3) is 9.33. The quantitative estimate of drug-likeness (QED) is 0.228. The first-order valence-electron chi connectivity index (χ1n) is 14.8. The lowest BCUT2D eigenvalue weighted by molar-refractivity contribution is -0.150. The van der Waals surface area contributed by atoms with Gasteiger partial charge < -0.3 is 29.9 Å². The molecule has 0 saturated carbocycles. The number of carboxylic acid groups (broad SMARTS) is 2. The van der Waals surface area contributed by atoms with Gasteiger partial charge in [-0.1, -0.05) is 53.5 Å². The van der Waals surface area contributed by atoms with Crippen molar-refractivity contribution in [3.8, 4) is 0 Å². The van der Waals surface area contributed by atoms with Crippen molar-refractivity contribution in [2.24, 2.45) is 10.8 Å². The maximum absolute atomic E-state index is 13.2. The highest BCUT2D eigenvalue weighted by atomic mass is 16.5. The molecule has 2 aliphatic rings. The highest BCUT2D eigenvalue weighted by Crippen LogP contribution is 2.28. The van der Waals surface area contributed by atoms with E-state index >= 15 is 0 Å². The SMILES string of the molecule is CC(C)(CCCCCOC(=O)c1ccc2c(c1)CN(C(=O)O)C2)COC(=O)N[C@H](C(=O)N1CCCC1C(=O)O)C(C)(C)C. The second-order valence-corrected chi connectivity index (χ2v) is 13.3. The average Bonchev–Trinajstić information content (AvgIpc) is 3.59. The Morgan fingerprint density at radius 1 is 0.977 bits per heavy atom. The van der Waals surface area contributed by atoms with Crippen molar-refractivity contribution in [2.45, 2.75) is 98.3 Å². The summed E-state index contributed by atoms with van der Waals surface area (Å²) in [5.41, 5.74) is 1.13. The Labute approximate surface area is 252 Å². The van der Waals surface area contributed by atoms with Crippen LogP contribution in [0.15, 0.2) is 18.2 Å². The molecule has 3 N–H and O–H groups in total. The molecule has 12 nitrogen and oxygen atoms in total. The number of carbonyl (C=O) groups excluding carboxylic acids is 3. The zero-order chi connectivity index (χ0) is 31.9. The summed E-state index contributed by atoms with van der Waals surface area (Å²) in [7, 11) is 0. The van der Waals surface area contributed by atoms with Gasteiger partial charge in [-0.05, 0) is 59.8 Å². The molecule has 2 heterocycles. The lowest BCUT2D eigenvalue weighted by atomic mass is 9.85. The number of unbranched alkanes of at least 4 members (excludes halogenated alkanes) is 2. The summed E-state index contributed by atoms with van der Waals surface area (Å²) >= 11 is 0. The van der Waals surface area contributed by atoms with Gasteiger partial charge in [-0.25, -0.2) is 19.2 Å². The number of benzene rings is 1. The minimum absolute atomic E-state index is 0.137. The van der Waals surface area contributed by atoms with Crippen molar-refractivity contribution in [2.75, 3.05) is 19.8 Å². The molecule has 0 radical (unpaired) electrons. The number of aliphatic carboxylic acids is 1.